The zero-order chi connectivity index (χ0) is 29.2. The van der Waals surface area contributed by atoms with Crippen molar-refractivity contribution in [2.75, 3.05) is 7.11 Å². The van der Waals surface area contributed by atoms with Gasteiger partial charge in [0.2, 0.25) is 5.88 Å². The lowest BCUT2D eigenvalue weighted by molar-refractivity contribution is 0.0601. The van der Waals surface area contributed by atoms with Crippen LogP contribution in [0.4, 0.5) is 13.2 Å². The summed E-state index contributed by atoms with van der Waals surface area (Å²) in [7, 11) is 1.23. The average molecular weight is 568 g/mol. The molecule has 0 amide bonds. The third-order valence-corrected chi connectivity index (χ3v) is 7.74. The largest absolute Gasteiger partial charge is 0.474 e. The summed E-state index contributed by atoms with van der Waals surface area (Å²) in [5.41, 5.74) is 1.53. The summed E-state index contributed by atoms with van der Waals surface area (Å²) in [4.78, 5) is 18.3. The average Bonchev–Trinajstić information content (AvgIpc) is 3.53. The van der Waals surface area contributed by atoms with E-state index in [0.29, 0.717) is 16.7 Å². The molecular weight excluding hydrogens is 539 g/mol. The molecule has 212 valence electrons. The van der Waals surface area contributed by atoms with E-state index < -0.39 is 23.8 Å². The minimum absolute atomic E-state index is 0.0204. The summed E-state index contributed by atoms with van der Waals surface area (Å²) < 4.78 is 56.7. The van der Waals surface area contributed by atoms with Crippen molar-refractivity contribution in [3.05, 3.63) is 119 Å². The molecule has 1 atom stereocenters. The summed E-state index contributed by atoms with van der Waals surface area (Å²) in [6.45, 7) is 0. The highest BCUT2D eigenvalue weighted by Gasteiger charge is 2.34. The second-order valence-corrected chi connectivity index (χ2v) is 10.4. The van der Waals surface area contributed by atoms with Crippen molar-refractivity contribution in [2.45, 2.75) is 38.0 Å². The van der Waals surface area contributed by atoms with E-state index in [1.54, 1.807) is 12.1 Å². The lowest BCUT2D eigenvalue weighted by Gasteiger charge is -2.25. The van der Waals surface area contributed by atoms with Crippen LogP contribution in [0, 0.1) is 11.6 Å². The van der Waals surface area contributed by atoms with E-state index in [4.69, 9.17) is 14.5 Å². The molecular formula is C35H28F3NO3. The molecule has 1 heterocycles. The van der Waals surface area contributed by atoms with Gasteiger partial charge in [0.05, 0.1) is 23.9 Å². The Morgan fingerprint density at radius 3 is 2.10 bits per heavy atom. The molecule has 0 aliphatic heterocycles. The van der Waals surface area contributed by atoms with Gasteiger partial charge in [-0.2, -0.15) is 0 Å². The zero-order valence-electron chi connectivity index (χ0n) is 22.9. The number of halogens is 3. The number of hydrogen-bond donors (Lipinski definition) is 0. The first kappa shape index (κ1) is 27.5. The van der Waals surface area contributed by atoms with Gasteiger partial charge in [0.25, 0.3) is 0 Å². The number of ether oxygens (including phenoxy) is 2. The van der Waals surface area contributed by atoms with Crippen molar-refractivity contribution >= 4 is 16.7 Å². The number of methoxy groups -OCH3 is 1. The van der Waals surface area contributed by atoms with Gasteiger partial charge in [0, 0.05) is 11.1 Å². The SMILES string of the molecule is COC(=O)c1c(-c2ccc(F)cc2)nc(OC2CCCC2)c(C(F)c2ccc3ccccc3c2)c1-c1ccc(F)cc1. The van der Waals surface area contributed by atoms with Crippen LogP contribution >= 0.6 is 0 Å². The predicted molar refractivity (Wildman–Crippen MR) is 156 cm³/mol. The molecule has 0 bridgehead atoms. The van der Waals surface area contributed by atoms with Crippen LogP contribution in [0.5, 0.6) is 5.88 Å². The van der Waals surface area contributed by atoms with Crippen molar-refractivity contribution in [2.24, 2.45) is 0 Å². The van der Waals surface area contributed by atoms with Crippen molar-refractivity contribution in [3.63, 3.8) is 0 Å². The van der Waals surface area contributed by atoms with Crippen molar-refractivity contribution in [3.8, 4) is 28.3 Å². The third-order valence-electron chi connectivity index (χ3n) is 7.74. The van der Waals surface area contributed by atoms with E-state index in [0.717, 1.165) is 36.5 Å². The van der Waals surface area contributed by atoms with Gasteiger partial charge in [-0.15, -0.1) is 0 Å². The molecule has 4 aromatic carbocycles. The van der Waals surface area contributed by atoms with Crippen LogP contribution in [-0.4, -0.2) is 24.2 Å². The first-order valence-corrected chi connectivity index (χ1v) is 13.9. The van der Waals surface area contributed by atoms with Gasteiger partial charge in [-0.3, -0.25) is 0 Å². The molecule has 5 aromatic rings. The van der Waals surface area contributed by atoms with Crippen molar-refractivity contribution < 1.29 is 27.4 Å². The van der Waals surface area contributed by atoms with E-state index in [1.807, 2.05) is 30.3 Å². The predicted octanol–water partition coefficient (Wildman–Crippen LogP) is 9.01. The molecule has 7 heteroatoms. The molecule has 1 aliphatic rings. The Morgan fingerprint density at radius 2 is 1.45 bits per heavy atom. The Balaban J connectivity index is 1.68. The Labute approximate surface area is 241 Å². The summed E-state index contributed by atoms with van der Waals surface area (Å²) >= 11 is 0. The van der Waals surface area contributed by atoms with Gasteiger partial charge in [-0.25, -0.2) is 22.9 Å². The lowest BCUT2D eigenvalue weighted by Crippen LogP contribution is -2.18. The summed E-state index contributed by atoms with van der Waals surface area (Å²) in [6.07, 6.45) is 1.56. The Bertz CT molecular complexity index is 1750. The van der Waals surface area contributed by atoms with E-state index in [9.17, 15) is 13.6 Å². The number of alkyl halides is 1. The highest BCUT2D eigenvalue weighted by Crippen LogP contribution is 2.46. The Morgan fingerprint density at radius 1 is 0.833 bits per heavy atom. The summed E-state index contributed by atoms with van der Waals surface area (Å²) in [6, 6.07) is 23.9. The maximum Gasteiger partial charge on any atom is 0.340 e. The molecule has 42 heavy (non-hydrogen) atoms. The Kier molecular flexibility index (Phi) is 7.66. The van der Waals surface area contributed by atoms with Gasteiger partial charge in [-0.05, 0) is 90.0 Å². The number of pyridine rings is 1. The van der Waals surface area contributed by atoms with Gasteiger partial charge >= 0.3 is 5.97 Å². The van der Waals surface area contributed by atoms with Crippen LogP contribution in [0.1, 0.15) is 53.3 Å². The van der Waals surface area contributed by atoms with Gasteiger partial charge < -0.3 is 9.47 Å². The molecule has 0 saturated heterocycles. The molecule has 4 nitrogen and oxygen atoms in total. The quantitative estimate of drug-likeness (QED) is 0.184. The van der Waals surface area contributed by atoms with E-state index in [1.165, 1.54) is 55.6 Å². The molecule has 1 aliphatic carbocycles. The second kappa shape index (κ2) is 11.7. The number of hydrogen-bond acceptors (Lipinski definition) is 4. The molecule has 6 rings (SSSR count). The second-order valence-electron chi connectivity index (χ2n) is 10.4. The van der Waals surface area contributed by atoms with Crippen LogP contribution in [0.2, 0.25) is 0 Å². The molecule has 0 radical (unpaired) electrons. The number of fused-ring (bicyclic) bond motifs is 1. The van der Waals surface area contributed by atoms with Gasteiger partial charge in [0.1, 0.15) is 17.7 Å². The maximum atomic E-state index is 17.1. The first-order chi connectivity index (χ1) is 20.4. The zero-order valence-corrected chi connectivity index (χ0v) is 22.9. The number of carbonyl (C=O) groups is 1. The maximum absolute atomic E-state index is 17.1. The topological polar surface area (TPSA) is 48.4 Å². The number of esters is 1. The number of rotatable bonds is 7. The van der Waals surface area contributed by atoms with E-state index in [2.05, 4.69) is 0 Å². The fourth-order valence-electron chi connectivity index (χ4n) is 5.63. The van der Waals surface area contributed by atoms with E-state index >= 15 is 4.39 Å². The number of benzene rings is 4. The van der Waals surface area contributed by atoms with Crippen molar-refractivity contribution in [1.82, 2.24) is 4.98 Å². The fraction of sp³-hybridized carbons (Fsp3) is 0.200. The minimum Gasteiger partial charge on any atom is -0.474 e. The van der Waals surface area contributed by atoms with Crippen LogP contribution < -0.4 is 4.74 Å². The van der Waals surface area contributed by atoms with Crippen LogP contribution in [0.15, 0.2) is 91.0 Å². The first-order valence-electron chi connectivity index (χ1n) is 13.9. The fourth-order valence-corrected chi connectivity index (χ4v) is 5.63. The normalized spacial score (nSPS) is 14.2. The highest BCUT2D eigenvalue weighted by molar-refractivity contribution is 6.04. The Hall–Kier alpha value is -4.65. The molecule has 0 N–H and O–H groups in total. The van der Waals surface area contributed by atoms with Gasteiger partial charge in [-0.1, -0.05) is 48.5 Å². The van der Waals surface area contributed by atoms with Crippen LogP contribution in [0.25, 0.3) is 33.2 Å². The number of carbonyl (C=O) groups excluding carboxylic acids is 1. The van der Waals surface area contributed by atoms with E-state index in [-0.39, 0.29) is 34.4 Å². The van der Waals surface area contributed by atoms with Crippen LogP contribution in [0.3, 0.4) is 0 Å². The standard InChI is InChI=1S/C35H28F3NO3/c1-41-35(40)31-29(22-12-16-26(36)17-13-22)30(32(38)25-11-10-21-6-2-3-7-24(21)20-25)34(42-28-8-4-5-9-28)39-33(31)23-14-18-27(37)19-15-23/h2-3,6-7,10-20,28,32H,4-5,8-9H2,1H3. The van der Waals surface area contributed by atoms with Crippen LogP contribution in [-0.2, 0) is 4.74 Å². The monoisotopic (exact) mass is 567 g/mol. The molecule has 1 unspecified atom stereocenters. The number of nitrogens with zero attached hydrogens (tertiary/aromatic N) is 1. The third kappa shape index (κ3) is 5.34. The highest BCUT2D eigenvalue weighted by atomic mass is 19.1. The lowest BCUT2D eigenvalue weighted by atomic mass is 9.87. The smallest absolute Gasteiger partial charge is 0.340 e. The van der Waals surface area contributed by atoms with Gasteiger partial charge in [0.15, 0.2) is 6.17 Å². The molecule has 1 saturated carbocycles. The summed E-state index contributed by atoms with van der Waals surface area (Å²) in [5, 5.41) is 1.80. The summed E-state index contributed by atoms with van der Waals surface area (Å²) in [5.74, 6) is -1.67. The number of aromatic nitrogens is 1. The molecule has 1 fully saturated rings. The molecule has 1 aromatic heterocycles. The van der Waals surface area contributed by atoms with Crippen molar-refractivity contribution in [1.29, 1.82) is 0 Å². The minimum atomic E-state index is -1.76. The molecule has 0 spiro atoms.